The average Bonchev–Trinajstić information content (AvgIpc) is 2.72. The van der Waals surface area contributed by atoms with Crippen molar-refractivity contribution in [2.45, 2.75) is 36.9 Å². The van der Waals surface area contributed by atoms with Gasteiger partial charge in [0.1, 0.15) is 11.6 Å². The second-order valence-electron chi connectivity index (χ2n) is 4.46. The van der Waals surface area contributed by atoms with E-state index in [1.165, 1.54) is 12.1 Å². The molecule has 1 aromatic heterocycles. The fourth-order valence-electron chi connectivity index (χ4n) is 1.83. The molecule has 0 atom stereocenters. The topological polar surface area (TPSA) is 73.8 Å². The molecular formula is C12H13FN4O2S. The van der Waals surface area contributed by atoms with Crippen molar-refractivity contribution in [3.8, 4) is 0 Å². The quantitative estimate of drug-likeness (QED) is 0.639. The van der Waals surface area contributed by atoms with Crippen LogP contribution in [-0.2, 0) is 0 Å². The minimum absolute atomic E-state index is 0.131. The Morgan fingerprint density at radius 3 is 2.70 bits per heavy atom. The van der Waals surface area contributed by atoms with E-state index in [1.807, 2.05) is 25.3 Å². The van der Waals surface area contributed by atoms with Gasteiger partial charge in [0.25, 0.3) is 5.69 Å². The summed E-state index contributed by atoms with van der Waals surface area (Å²) in [7, 11) is 0. The number of hydrogen-bond acceptors (Lipinski definition) is 5. The van der Waals surface area contributed by atoms with Crippen LogP contribution < -0.4 is 0 Å². The Morgan fingerprint density at radius 2 is 2.10 bits per heavy atom. The molecular weight excluding hydrogens is 283 g/mol. The minimum Gasteiger partial charge on any atom is -0.303 e. The molecule has 1 heterocycles. The van der Waals surface area contributed by atoms with Crippen LogP contribution >= 0.6 is 11.8 Å². The Bertz CT molecular complexity index is 657. The molecule has 0 fully saturated rings. The number of aromatic nitrogens is 3. The third-order valence-corrected chi connectivity index (χ3v) is 3.70. The molecule has 0 aliphatic heterocycles. The summed E-state index contributed by atoms with van der Waals surface area (Å²) in [4.78, 5) is 10.7. The number of aryl methyl sites for hydroxylation is 1. The standard InChI is InChI=1S/C12H13FN4O2S/c1-7(2)16-8(3)14-15-12(16)20-11-5-4-9(13)6-10(11)17(18)19/h4-7H,1-3H3. The van der Waals surface area contributed by atoms with Crippen molar-refractivity contribution in [1.29, 1.82) is 0 Å². The zero-order valence-electron chi connectivity index (χ0n) is 11.2. The molecule has 8 heteroatoms. The smallest absolute Gasteiger partial charge is 0.286 e. The molecule has 106 valence electrons. The number of benzene rings is 1. The van der Waals surface area contributed by atoms with Gasteiger partial charge in [-0.15, -0.1) is 10.2 Å². The van der Waals surface area contributed by atoms with Crippen molar-refractivity contribution in [1.82, 2.24) is 14.8 Å². The molecule has 6 nitrogen and oxygen atoms in total. The molecule has 2 rings (SSSR count). The van der Waals surface area contributed by atoms with Crippen LogP contribution in [0.15, 0.2) is 28.3 Å². The second kappa shape index (κ2) is 5.58. The predicted octanol–water partition coefficient (Wildman–Crippen LogP) is 3.37. The van der Waals surface area contributed by atoms with E-state index >= 15 is 0 Å². The molecule has 0 radical (unpaired) electrons. The van der Waals surface area contributed by atoms with E-state index < -0.39 is 10.7 Å². The summed E-state index contributed by atoms with van der Waals surface area (Å²) in [6.07, 6.45) is 0. The van der Waals surface area contributed by atoms with Crippen LogP contribution in [0.5, 0.6) is 0 Å². The van der Waals surface area contributed by atoms with E-state index in [0.717, 1.165) is 23.7 Å². The highest BCUT2D eigenvalue weighted by molar-refractivity contribution is 7.99. The predicted molar refractivity (Wildman–Crippen MR) is 72.3 cm³/mol. The van der Waals surface area contributed by atoms with Gasteiger partial charge in [0.05, 0.1) is 15.9 Å². The molecule has 0 saturated carbocycles. The van der Waals surface area contributed by atoms with Gasteiger partial charge in [-0.25, -0.2) is 4.39 Å². The normalized spacial score (nSPS) is 11.1. The number of nitrogens with zero attached hydrogens (tertiary/aromatic N) is 4. The fourth-order valence-corrected chi connectivity index (χ4v) is 2.93. The van der Waals surface area contributed by atoms with E-state index in [0.29, 0.717) is 10.1 Å². The van der Waals surface area contributed by atoms with Gasteiger partial charge in [0.2, 0.25) is 0 Å². The van der Waals surface area contributed by atoms with Gasteiger partial charge >= 0.3 is 0 Å². The van der Waals surface area contributed by atoms with Gasteiger partial charge in [-0.3, -0.25) is 10.1 Å². The molecule has 0 amide bonds. The van der Waals surface area contributed by atoms with Crippen LogP contribution in [0.4, 0.5) is 10.1 Å². The maximum atomic E-state index is 13.1. The van der Waals surface area contributed by atoms with Gasteiger partial charge in [-0.2, -0.15) is 0 Å². The van der Waals surface area contributed by atoms with Crippen molar-refractivity contribution in [3.05, 3.63) is 40.0 Å². The summed E-state index contributed by atoms with van der Waals surface area (Å²) in [6.45, 7) is 5.76. The summed E-state index contributed by atoms with van der Waals surface area (Å²) in [5.74, 6) is 0.0924. The number of hydrogen-bond donors (Lipinski definition) is 0. The van der Waals surface area contributed by atoms with E-state index in [4.69, 9.17) is 0 Å². The van der Waals surface area contributed by atoms with E-state index in [-0.39, 0.29) is 11.7 Å². The zero-order chi connectivity index (χ0) is 14.9. The Balaban J connectivity index is 2.43. The van der Waals surface area contributed by atoms with Gasteiger partial charge in [0, 0.05) is 6.04 Å². The number of nitro groups is 1. The van der Waals surface area contributed by atoms with Crippen LogP contribution in [0.3, 0.4) is 0 Å². The maximum Gasteiger partial charge on any atom is 0.286 e. The Kier molecular flexibility index (Phi) is 4.03. The minimum atomic E-state index is -0.637. The number of halogens is 1. The molecule has 1 aromatic carbocycles. The highest BCUT2D eigenvalue weighted by Gasteiger charge is 2.20. The van der Waals surface area contributed by atoms with Crippen LogP contribution in [-0.4, -0.2) is 19.7 Å². The van der Waals surface area contributed by atoms with Crippen LogP contribution in [0, 0.1) is 22.9 Å². The van der Waals surface area contributed by atoms with Gasteiger partial charge in [-0.05, 0) is 44.7 Å². The van der Waals surface area contributed by atoms with Crippen molar-refractivity contribution in [2.75, 3.05) is 0 Å². The van der Waals surface area contributed by atoms with Crippen molar-refractivity contribution < 1.29 is 9.31 Å². The van der Waals surface area contributed by atoms with E-state index in [9.17, 15) is 14.5 Å². The first-order chi connectivity index (χ1) is 9.40. The fraction of sp³-hybridized carbons (Fsp3) is 0.333. The third-order valence-electron chi connectivity index (χ3n) is 2.67. The number of nitro benzene ring substituents is 1. The zero-order valence-corrected chi connectivity index (χ0v) is 12.0. The number of rotatable bonds is 4. The van der Waals surface area contributed by atoms with Gasteiger partial charge < -0.3 is 4.57 Å². The summed E-state index contributed by atoms with van der Waals surface area (Å²) in [5, 5.41) is 19.5. The molecule has 0 saturated heterocycles. The van der Waals surface area contributed by atoms with Gasteiger partial charge in [0.15, 0.2) is 5.16 Å². The van der Waals surface area contributed by atoms with Crippen molar-refractivity contribution in [3.63, 3.8) is 0 Å². The van der Waals surface area contributed by atoms with Crippen molar-refractivity contribution in [2.24, 2.45) is 0 Å². The SMILES string of the molecule is Cc1nnc(Sc2ccc(F)cc2[N+](=O)[O-])n1C(C)C. The van der Waals surface area contributed by atoms with Crippen LogP contribution in [0.1, 0.15) is 25.7 Å². The summed E-state index contributed by atoms with van der Waals surface area (Å²) < 4.78 is 15.0. The molecule has 0 spiro atoms. The first-order valence-corrected chi connectivity index (χ1v) is 6.75. The first-order valence-electron chi connectivity index (χ1n) is 5.93. The molecule has 0 aliphatic rings. The lowest BCUT2D eigenvalue weighted by Crippen LogP contribution is -2.04. The van der Waals surface area contributed by atoms with Crippen molar-refractivity contribution >= 4 is 17.4 Å². The van der Waals surface area contributed by atoms with Crippen LogP contribution in [0.25, 0.3) is 0 Å². The lowest BCUT2D eigenvalue weighted by atomic mass is 10.3. The molecule has 0 N–H and O–H groups in total. The third kappa shape index (κ3) is 2.79. The Labute approximate surface area is 119 Å². The van der Waals surface area contributed by atoms with Gasteiger partial charge in [-0.1, -0.05) is 0 Å². The molecule has 20 heavy (non-hydrogen) atoms. The molecule has 2 aromatic rings. The molecule has 0 aliphatic carbocycles. The Morgan fingerprint density at radius 1 is 1.40 bits per heavy atom. The molecule has 0 bridgehead atoms. The summed E-state index contributed by atoms with van der Waals surface area (Å²) in [6, 6.07) is 3.61. The second-order valence-corrected chi connectivity index (χ2v) is 5.47. The average molecular weight is 296 g/mol. The summed E-state index contributed by atoms with van der Waals surface area (Å²) >= 11 is 1.11. The molecule has 0 unspecified atom stereocenters. The lowest BCUT2D eigenvalue weighted by molar-refractivity contribution is -0.387. The highest BCUT2D eigenvalue weighted by atomic mass is 32.2. The van der Waals surface area contributed by atoms with Crippen LogP contribution in [0.2, 0.25) is 0 Å². The Hall–Kier alpha value is -1.96. The summed E-state index contributed by atoms with van der Waals surface area (Å²) in [5.41, 5.74) is -0.272. The maximum absolute atomic E-state index is 13.1. The monoisotopic (exact) mass is 296 g/mol. The van der Waals surface area contributed by atoms with E-state index in [1.54, 1.807) is 0 Å². The van der Waals surface area contributed by atoms with E-state index in [2.05, 4.69) is 10.2 Å². The lowest BCUT2D eigenvalue weighted by Gasteiger charge is -2.11. The largest absolute Gasteiger partial charge is 0.303 e. The first kappa shape index (κ1) is 14.4. The highest BCUT2D eigenvalue weighted by Crippen LogP contribution is 2.35.